The predicted molar refractivity (Wildman–Crippen MR) is 94.9 cm³/mol. The number of carbonyl (C=O) groups is 1. The van der Waals surface area contributed by atoms with E-state index in [4.69, 9.17) is 5.73 Å². The van der Waals surface area contributed by atoms with Crippen LogP contribution in [0.5, 0.6) is 0 Å². The number of hydrogen-bond donors (Lipinski definition) is 2. The van der Waals surface area contributed by atoms with Gasteiger partial charge in [0.25, 0.3) is 5.91 Å². The molecular formula is C17H19FN4OS. The Balaban J connectivity index is 1.79. The number of carbonyl (C=O) groups excluding carboxylic acids is 1. The van der Waals surface area contributed by atoms with Crippen molar-refractivity contribution in [3.05, 3.63) is 46.2 Å². The molecule has 0 aliphatic carbocycles. The summed E-state index contributed by atoms with van der Waals surface area (Å²) in [4.78, 5) is 13.0. The van der Waals surface area contributed by atoms with Gasteiger partial charge < -0.3 is 11.1 Å². The van der Waals surface area contributed by atoms with Gasteiger partial charge >= 0.3 is 0 Å². The monoisotopic (exact) mass is 346 g/mol. The van der Waals surface area contributed by atoms with Gasteiger partial charge in [0.2, 0.25) is 0 Å². The van der Waals surface area contributed by atoms with E-state index in [-0.39, 0.29) is 24.2 Å². The molecule has 0 saturated heterocycles. The molecule has 2 atom stereocenters. The van der Waals surface area contributed by atoms with Crippen LogP contribution >= 0.6 is 11.8 Å². The highest BCUT2D eigenvalue weighted by Crippen LogP contribution is 2.51. The number of nitrogens with two attached hydrogens (primary N) is 1. The molecule has 1 aromatic carbocycles. The fourth-order valence-corrected chi connectivity index (χ4v) is 4.12. The lowest BCUT2D eigenvalue weighted by Gasteiger charge is -2.34. The Morgan fingerprint density at radius 2 is 2.21 bits per heavy atom. The Morgan fingerprint density at radius 3 is 2.92 bits per heavy atom. The maximum Gasteiger partial charge on any atom is 0.260 e. The van der Waals surface area contributed by atoms with Crippen molar-refractivity contribution in [2.45, 2.75) is 27.3 Å². The molecule has 0 aromatic heterocycles. The number of fused-ring (bicyclic) bond motifs is 1. The molecule has 3 N–H and O–H groups in total. The third-order valence-corrected chi connectivity index (χ3v) is 6.10. The molecule has 0 saturated carbocycles. The molecule has 7 heteroatoms. The second-order valence-electron chi connectivity index (χ2n) is 6.23. The largest absolute Gasteiger partial charge is 0.400 e. The molecular weight excluding hydrogens is 327 g/mol. The minimum absolute atomic E-state index is 0.0750. The van der Waals surface area contributed by atoms with Gasteiger partial charge in [-0.1, -0.05) is 30.8 Å². The summed E-state index contributed by atoms with van der Waals surface area (Å²) in [5, 5.41) is 11.9. The number of halogens is 1. The number of benzene rings is 1. The van der Waals surface area contributed by atoms with E-state index in [2.05, 4.69) is 15.5 Å². The van der Waals surface area contributed by atoms with Crippen molar-refractivity contribution >= 4 is 28.4 Å². The van der Waals surface area contributed by atoms with Gasteiger partial charge in [-0.2, -0.15) is 5.10 Å². The number of nitrogens with one attached hydrogen (secondary N) is 1. The first kappa shape index (κ1) is 16.7. The molecule has 2 aliphatic rings. The summed E-state index contributed by atoms with van der Waals surface area (Å²) in [7, 11) is 0. The zero-order chi connectivity index (χ0) is 17.5. The van der Waals surface area contributed by atoms with Gasteiger partial charge in [-0.25, -0.2) is 4.39 Å². The second-order valence-corrected chi connectivity index (χ2v) is 7.23. The fourth-order valence-electron chi connectivity index (χ4n) is 2.86. The fraction of sp³-hybridized carbons (Fsp3) is 0.353. The Morgan fingerprint density at radius 1 is 1.46 bits per heavy atom. The first-order valence-corrected chi connectivity index (χ1v) is 8.49. The molecule has 2 unspecified atom stereocenters. The molecule has 0 spiro atoms. The van der Waals surface area contributed by atoms with Crippen molar-refractivity contribution in [3.63, 3.8) is 0 Å². The van der Waals surface area contributed by atoms with Crippen molar-refractivity contribution in [2.24, 2.45) is 27.3 Å². The van der Waals surface area contributed by atoms with E-state index in [0.717, 1.165) is 10.8 Å². The standard InChI is InChI=1S/C17H19FN4OS/c1-9-10(2)21-22-16-17(9,3)14(19)13(24-16)15(23)20-8-11-5-4-6-12(18)7-11/h4-7,9H,8,19H2,1-3H3,(H,20,23). The van der Waals surface area contributed by atoms with Crippen LogP contribution in [0.25, 0.3) is 0 Å². The van der Waals surface area contributed by atoms with Gasteiger partial charge in [0.05, 0.1) is 10.3 Å². The van der Waals surface area contributed by atoms with Crippen LogP contribution in [0.15, 0.2) is 45.1 Å². The maximum atomic E-state index is 13.2. The van der Waals surface area contributed by atoms with Crippen LogP contribution < -0.4 is 11.1 Å². The predicted octanol–water partition coefficient (Wildman–Crippen LogP) is 2.79. The number of nitrogens with zero attached hydrogens (tertiary/aromatic N) is 2. The summed E-state index contributed by atoms with van der Waals surface area (Å²) >= 11 is 1.27. The topological polar surface area (TPSA) is 79.8 Å². The van der Waals surface area contributed by atoms with Gasteiger partial charge in [-0.3, -0.25) is 4.79 Å². The molecule has 0 bridgehead atoms. The summed E-state index contributed by atoms with van der Waals surface area (Å²) < 4.78 is 13.2. The van der Waals surface area contributed by atoms with Crippen molar-refractivity contribution in [3.8, 4) is 0 Å². The van der Waals surface area contributed by atoms with Gasteiger partial charge in [0, 0.05) is 23.9 Å². The highest BCUT2D eigenvalue weighted by atomic mass is 32.2. The van der Waals surface area contributed by atoms with E-state index < -0.39 is 5.41 Å². The van der Waals surface area contributed by atoms with Crippen LogP contribution in [0, 0.1) is 17.2 Å². The van der Waals surface area contributed by atoms with Crippen molar-refractivity contribution in [1.82, 2.24) is 5.32 Å². The molecule has 3 rings (SSSR count). The summed E-state index contributed by atoms with van der Waals surface area (Å²) in [6.07, 6.45) is 0. The molecule has 2 heterocycles. The summed E-state index contributed by atoms with van der Waals surface area (Å²) in [6, 6.07) is 6.13. The van der Waals surface area contributed by atoms with E-state index in [0.29, 0.717) is 16.2 Å². The normalized spacial score (nSPS) is 25.9. The highest BCUT2D eigenvalue weighted by molar-refractivity contribution is 8.18. The average Bonchev–Trinajstić information content (AvgIpc) is 2.82. The zero-order valence-electron chi connectivity index (χ0n) is 13.8. The quantitative estimate of drug-likeness (QED) is 0.883. The van der Waals surface area contributed by atoms with Crippen molar-refractivity contribution < 1.29 is 9.18 Å². The lowest BCUT2D eigenvalue weighted by Crippen LogP contribution is -2.40. The first-order valence-electron chi connectivity index (χ1n) is 7.67. The van der Waals surface area contributed by atoms with E-state index in [1.807, 2.05) is 20.8 Å². The van der Waals surface area contributed by atoms with E-state index in [1.54, 1.807) is 12.1 Å². The third-order valence-electron chi connectivity index (χ3n) is 4.79. The molecule has 0 fully saturated rings. The number of hydrogen-bond acceptors (Lipinski definition) is 5. The Kier molecular flexibility index (Phi) is 4.21. The molecule has 0 radical (unpaired) electrons. The van der Waals surface area contributed by atoms with Crippen molar-refractivity contribution in [1.29, 1.82) is 0 Å². The van der Waals surface area contributed by atoms with Gasteiger partial charge in [-0.05, 0) is 31.5 Å². The highest BCUT2D eigenvalue weighted by Gasteiger charge is 2.50. The molecule has 5 nitrogen and oxygen atoms in total. The van der Waals surface area contributed by atoms with Crippen LogP contribution in [0.4, 0.5) is 4.39 Å². The third kappa shape index (κ3) is 2.62. The molecule has 1 aromatic rings. The van der Waals surface area contributed by atoms with Gasteiger partial charge in [0.1, 0.15) is 10.9 Å². The average molecular weight is 346 g/mol. The molecule has 126 valence electrons. The molecule has 2 aliphatic heterocycles. The van der Waals surface area contributed by atoms with E-state index in [9.17, 15) is 9.18 Å². The van der Waals surface area contributed by atoms with E-state index >= 15 is 0 Å². The number of thioether (sulfide) groups is 1. The Bertz CT molecular complexity index is 802. The summed E-state index contributed by atoms with van der Waals surface area (Å²) in [5.74, 6) is -0.527. The van der Waals surface area contributed by atoms with Gasteiger partial charge in [-0.15, -0.1) is 5.10 Å². The maximum absolute atomic E-state index is 13.2. The summed E-state index contributed by atoms with van der Waals surface area (Å²) in [6.45, 7) is 6.18. The molecule has 1 amide bonds. The smallest absolute Gasteiger partial charge is 0.260 e. The van der Waals surface area contributed by atoms with Crippen LogP contribution in [0.2, 0.25) is 0 Å². The van der Waals surface area contributed by atoms with E-state index in [1.165, 1.54) is 23.9 Å². The first-order chi connectivity index (χ1) is 11.3. The lowest BCUT2D eigenvalue weighted by atomic mass is 9.73. The SMILES string of the molecule is CC1=NN=C2SC(C(=O)NCc3cccc(F)c3)=C(N)C2(C)C1C. The lowest BCUT2D eigenvalue weighted by molar-refractivity contribution is -0.117. The van der Waals surface area contributed by atoms with Crippen LogP contribution in [0.3, 0.4) is 0 Å². The molecule has 24 heavy (non-hydrogen) atoms. The zero-order valence-corrected chi connectivity index (χ0v) is 14.6. The number of amides is 1. The summed E-state index contributed by atoms with van der Waals surface area (Å²) in [5.41, 5.74) is 7.93. The van der Waals surface area contributed by atoms with Crippen LogP contribution in [-0.4, -0.2) is 16.7 Å². The van der Waals surface area contributed by atoms with Gasteiger partial charge in [0.15, 0.2) is 0 Å². The minimum Gasteiger partial charge on any atom is -0.400 e. The Hall–Kier alpha value is -2.15. The minimum atomic E-state index is -0.498. The Labute approximate surface area is 144 Å². The van der Waals surface area contributed by atoms with Crippen molar-refractivity contribution in [2.75, 3.05) is 0 Å². The van der Waals surface area contributed by atoms with Crippen LogP contribution in [-0.2, 0) is 11.3 Å². The van der Waals surface area contributed by atoms with Crippen LogP contribution in [0.1, 0.15) is 26.3 Å². The second kappa shape index (κ2) is 6.05. The number of allylic oxidation sites excluding steroid dienone is 1. The number of rotatable bonds is 3.